The first-order chi connectivity index (χ1) is 15.3. The van der Waals surface area contributed by atoms with Crippen molar-refractivity contribution < 1.29 is 14.3 Å². The van der Waals surface area contributed by atoms with Crippen LogP contribution >= 0.6 is 0 Å². The zero-order chi connectivity index (χ0) is 23.0. The lowest BCUT2D eigenvalue weighted by Gasteiger charge is -2.45. The van der Waals surface area contributed by atoms with Crippen LogP contribution in [-0.2, 0) is 27.3 Å². The number of benzene rings is 1. The number of nitriles is 1. The van der Waals surface area contributed by atoms with Gasteiger partial charge in [-0.25, -0.2) is 0 Å². The van der Waals surface area contributed by atoms with Crippen LogP contribution in [0, 0.1) is 17.2 Å². The minimum atomic E-state index is -0.261. The van der Waals surface area contributed by atoms with Gasteiger partial charge in [0.15, 0.2) is 0 Å². The Kier molecular flexibility index (Phi) is 6.51. The van der Waals surface area contributed by atoms with Crippen LogP contribution in [0.3, 0.4) is 0 Å². The van der Waals surface area contributed by atoms with E-state index in [9.17, 15) is 10.1 Å². The molecule has 0 radical (unpaired) electrons. The molecule has 4 rings (SSSR count). The first-order valence-electron chi connectivity index (χ1n) is 12.1. The zero-order valence-electron chi connectivity index (χ0n) is 20.2. The van der Waals surface area contributed by atoms with Gasteiger partial charge in [-0.15, -0.1) is 0 Å². The molecule has 2 aliphatic heterocycles. The van der Waals surface area contributed by atoms with Gasteiger partial charge in [-0.1, -0.05) is 13.8 Å². The van der Waals surface area contributed by atoms with Gasteiger partial charge in [0.1, 0.15) is 12.7 Å². The second-order valence-corrected chi connectivity index (χ2v) is 10.4. The number of nitrogens with zero attached hydrogens (tertiary/aromatic N) is 3. The van der Waals surface area contributed by atoms with E-state index in [1.807, 2.05) is 11.8 Å². The molecule has 1 saturated heterocycles. The topological polar surface area (TPSA) is 65.8 Å². The van der Waals surface area contributed by atoms with Crippen molar-refractivity contribution in [1.29, 1.82) is 5.26 Å². The highest BCUT2D eigenvalue weighted by Gasteiger charge is 2.38. The van der Waals surface area contributed by atoms with Crippen LogP contribution in [0.15, 0.2) is 6.07 Å². The molecule has 0 aromatic heterocycles. The fraction of sp³-hybridized carbons (Fsp3) is 0.692. The van der Waals surface area contributed by atoms with Crippen molar-refractivity contribution in [3.63, 3.8) is 0 Å². The van der Waals surface area contributed by atoms with Gasteiger partial charge in [0.2, 0.25) is 5.91 Å². The second-order valence-electron chi connectivity index (χ2n) is 10.4. The molecule has 6 nitrogen and oxygen atoms in total. The summed E-state index contributed by atoms with van der Waals surface area (Å²) in [7, 11) is 0. The minimum absolute atomic E-state index is 0.0636. The van der Waals surface area contributed by atoms with E-state index in [4.69, 9.17) is 9.47 Å². The summed E-state index contributed by atoms with van der Waals surface area (Å²) in [6.45, 7) is 13.9. The third kappa shape index (κ3) is 4.51. The summed E-state index contributed by atoms with van der Waals surface area (Å²) in [6, 6.07) is 4.92. The normalized spacial score (nSPS) is 22.6. The monoisotopic (exact) mass is 439 g/mol. The maximum absolute atomic E-state index is 12.8. The molecule has 3 aliphatic rings. The summed E-state index contributed by atoms with van der Waals surface area (Å²) < 4.78 is 11.5. The zero-order valence-corrected chi connectivity index (χ0v) is 20.2. The highest BCUT2D eigenvalue weighted by molar-refractivity contribution is 5.78. The van der Waals surface area contributed by atoms with E-state index in [-0.39, 0.29) is 24.2 Å². The van der Waals surface area contributed by atoms with Crippen LogP contribution in [-0.4, -0.2) is 55.3 Å². The average Bonchev–Trinajstić information content (AvgIpc) is 3.60. The number of ether oxygens (including phenoxy) is 2. The van der Waals surface area contributed by atoms with E-state index in [0.717, 1.165) is 30.8 Å². The number of fused-ring (bicyclic) bond motifs is 1. The Morgan fingerprint density at radius 2 is 2.06 bits per heavy atom. The molecule has 2 heterocycles. The number of anilines is 1. The Labute approximate surface area is 192 Å². The van der Waals surface area contributed by atoms with Gasteiger partial charge >= 0.3 is 0 Å². The molecule has 0 bridgehead atoms. The quantitative estimate of drug-likeness (QED) is 0.670. The van der Waals surface area contributed by atoms with E-state index < -0.39 is 0 Å². The van der Waals surface area contributed by atoms with Crippen LogP contribution < -0.4 is 4.90 Å². The first kappa shape index (κ1) is 23.1. The number of carbonyl (C=O) groups is 1. The SMILES string of the molecule is CCOCC(=O)N1CCN(c2cc(C3CC3)c3c(c2C#N)CC(C)(C)OC3)C[C@H]1C(C)C. The van der Waals surface area contributed by atoms with Gasteiger partial charge in [-0.05, 0) is 68.2 Å². The smallest absolute Gasteiger partial charge is 0.248 e. The summed E-state index contributed by atoms with van der Waals surface area (Å²) in [5.74, 6) is 0.977. The van der Waals surface area contributed by atoms with Gasteiger partial charge in [-0.2, -0.15) is 5.26 Å². The van der Waals surface area contributed by atoms with E-state index in [2.05, 4.69) is 44.7 Å². The highest BCUT2D eigenvalue weighted by Crippen LogP contribution is 2.47. The lowest BCUT2D eigenvalue weighted by atomic mass is 9.83. The Hall–Kier alpha value is -2.10. The molecule has 1 amide bonds. The molecule has 1 aliphatic carbocycles. The van der Waals surface area contributed by atoms with E-state index in [1.54, 1.807) is 0 Å². The van der Waals surface area contributed by atoms with Crippen molar-refractivity contribution in [3.8, 4) is 6.07 Å². The third-order valence-corrected chi connectivity index (χ3v) is 7.18. The molecule has 32 heavy (non-hydrogen) atoms. The molecular formula is C26H37N3O3. The second kappa shape index (κ2) is 9.03. The molecule has 0 unspecified atom stereocenters. The van der Waals surface area contributed by atoms with E-state index in [0.29, 0.717) is 31.6 Å². The molecule has 2 fully saturated rings. The summed E-state index contributed by atoms with van der Waals surface area (Å²) >= 11 is 0. The number of hydrogen-bond donors (Lipinski definition) is 0. The summed E-state index contributed by atoms with van der Waals surface area (Å²) in [6.07, 6.45) is 3.20. The Morgan fingerprint density at radius 1 is 1.31 bits per heavy atom. The highest BCUT2D eigenvalue weighted by atomic mass is 16.5. The molecule has 6 heteroatoms. The Bertz CT molecular complexity index is 914. The van der Waals surface area contributed by atoms with Crippen LogP contribution in [0.25, 0.3) is 0 Å². The summed E-state index contributed by atoms with van der Waals surface area (Å²) in [5, 5.41) is 10.2. The van der Waals surface area contributed by atoms with Crippen molar-refractivity contribution in [2.24, 2.45) is 5.92 Å². The van der Waals surface area contributed by atoms with E-state index in [1.165, 1.54) is 29.5 Å². The van der Waals surface area contributed by atoms with Gasteiger partial charge in [-0.3, -0.25) is 4.79 Å². The van der Waals surface area contributed by atoms with Crippen molar-refractivity contribution in [1.82, 2.24) is 4.90 Å². The lowest BCUT2D eigenvalue weighted by Crippen LogP contribution is -2.58. The molecule has 174 valence electrons. The van der Waals surface area contributed by atoms with Crippen molar-refractivity contribution in [2.45, 2.75) is 78.0 Å². The predicted octanol–water partition coefficient (Wildman–Crippen LogP) is 4.00. The molecule has 1 atom stereocenters. The third-order valence-electron chi connectivity index (χ3n) is 7.18. The first-order valence-corrected chi connectivity index (χ1v) is 12.1. The van der Waals surface area contributed by atoms with E-state index >= 15 is 0 Å². The van der Waals surface area contributed by atoms with Crippen molar-refractivity contribution >= 4 is 11.6 Å². The Balaban J connectivity index is 1.68. The maximum Gasteiger partial charge on any atom is 0.248 e. The largest absolute Gasteiger partial charge is 0.372 e. The number of rotatable bonds is 6. The van der Waals surface area contributed by atoms with Crippen molar-refractivity contribution in [3.05, 3.63) is 28.3 Å². The molecular weight excluding hydrogens is 402 g/mol. The standard InChI is InChI=1S/C26H37N3O3/c1-6-31-16-25(30)29-10-9-28(14-24(29)17(2)3)23-11-19(18-7-8-18)22-15-32-26(4,5)12-20(22)21(23)13-27/h11,17-18,24H,6-10,12,14-16H2,1-5H3/t24-/m0/s1. The maximum atomic E-state index is 12.8. The number of hydrogen-bond acceptors (Lipinski definition) is 5. The van der Waals surface area contributed by atoms with Crippen LogP contribution in [0.4, 0.5) is 5.69 Å². The fourth-order valence-electron chi connectivity index (χ4n) is 5.21. The molecule has 1 aromatic rings. The average molecular weight is 440 g/mol. The lowest BCUT2D eigenvalue weighted by molar-refractivity contribution is -0.139. The Morgan fingerprint density at radius 3 is 2.69 bits per heavy atom. The molecule has 0 spiro atoms. The summed E-state index contributed by atoms with van der Waals surface area (Å²) in [4.78, 5) is 17.1. The van der Waals surface area contributed by atoms with Gasteiger partial charge in [0.25, 0.3) is 0 Å². The molecule has 1 aromatic carbocycles. The molecule has 0 N–H and O–H groups in total. The molecule has 1 saturated carbocycles. The fourth-order valence-corrected chi connectivity index (χ4v) is 5.21. The van der Waals surface area contributed by atoms with Crippen LogP contribution in [0.1, 0.15) is 75.6 Å². The van der Waals surface area contributed by atoms with Gasteiger partial charge < -0.3 is 19.3 Å². The van der Waals surface area contributed by atoms with Crippen LogP contribution in [0.2, 0.25) is 0 Å². The van der Waals surface area contributed by atoms with Crippen molar-refractivity contribution in [2.75, 3.05) is 37.7 Å². The predicted molar refractivity (Wildman–Crippen MR) is 125 cm³/mol. The number of carbonyl (C=O) groups excluding carboxylic acids is 1. The summed E-state index contributed by atoms with van der Waals surface area (Å²) in [5.41, 5.74) is 5.39. The number of amides is 1. The minimum Gasteiger partial charge on any atom is -0.372 e. The van der Waals surface area contributed by atoms with Gasteiger partial charge in [0, 0.05) is 32.7 Å². The van der Waals surface area contributed by atoms with Gasteiger partial charge in [0.05, 0.1) is 29.5 Å². The number of piperazine rings is 1. The van der Waals surface area contributed by atoms with Crippen LogP contribution in [0.5, 0.6) is 0 Å².